The van der Waals surface area contributed by atoms with Crippen LogP contribution in [-0.4, -0.2) is 54.7 Å². The summed E-state index contributed by atoms with van der Waals surface area (Å²) in [5.74, 6) is -0.245. The Kier molecular flexibility index (Phi) is 4.13. The van der Waals surface area contributed by atoms with Crippen LogP contribution in [0.25, 0.3) is 0 Å². The van der Waals surface area contributed by atoms with E-state index in [0.717, 1.165) is 12.1 Å². The van der Waals surface area contributed by atoms with E-state index in [-0.39, 0.29) is 29.2 Å². The van der Waals surface area contributed by atoms with Gasteiger partial charge in [-0.25, -0.2) is 8.42 Å². The molecule has 0 aromatic rings. The number of sulfone groups is 1. The number of piperidine rings is 1. The number of hydrogen-bond donors (Lipinski definition) is 1. The first kappa shape index (κ1) is 14.3. The van der Waals surface area contributed by atoms with Gasteiger partial charge in [-0.3, -0.25) is 4.79 Å². The molecule has 1 amide bonds. The Morgan fingerprint density at radius 2 is 2.26 bits per heavy atom. The average molecular weight is 288 g/mol. The van der Waals surface area contributed by atoms with Gasteiger partial charge in [0.15, 0.2) is 9.84 Å². The van der Waals surface area contributed by atoms with Crippen LogP contribution in [0.5, 0.6) is 0 Å². The van der Waals surface area contributed by atoms with E-state index in [1.54, 1.807) is 4.90 Å². The summed E-state index contributed by atoms with van der Waals surface area (Å²) in [5, 5.41) is 12.2. The van der Waals surface area contributed by atoms with Crippen LogP contribution in [-0.2, 0) is 14.6 Å². The third-order valence-electron chi connectivity index (χ3n) is 4.06. The summed E-state index contributed by atoms with van der Waals surface area (Å²) in [6.07, 6.45) is 1.82. The van der Waals surface area contributed by atoms with Crippen molar-refractivity contribution >= 4 is 21.5 Å². The van der Waals surface area contributed by atoms with Gasteiger partial charge in [0, 0.05) is 25.4 Å². The summed E-state index contributed by atoms with van der Waals surface area (Å²) in [5.41, 5.74) is 0.741. The second-order valence-electron chi connectivity index (χ2n) is 5.33. The lowest BCUT2D eigenvalue weighted by atomic mass is 9.92. The third-order valence-corrected chi connectivity index (χ3v) is 5.83. The molecule has 2 saturated heterocycles. The van der Waals surface area contributed by atoms with Crippen LogP contribution in [0.1, 0.15) is 26.2 Å². The highest BCUT2D eigenvalue weighted by Gasteiger charge is 2.37. The minimum absolute atomic E-state index is 0.0138. The molecule has 0 aromatic heterocycles. The Hall–Kier alpha value is -1.11. The van der Waals surface area contributed by atoms with Gasteiger partial charge in [-0.15, -0.1) is 0 Å². The SMILES string of the molecule is CCC1CN(C(=O)C2CCS(=O)(=O)C2)CCC1=NO. The standard InChI is InChI=1S/C12H20N2O4S/c1-2-9-7-14(5-3-11(9)13-16)12(15)10-4-6-19(17,18)8-10/h9-10,16H,2-8H2,1H3. The van der Waals surface area contributed by atoms with Gasteiger partial charge in [0.25, 0.3) is 0 Å². The molecule has 2 fully saturated rings. The molecule has 2 rings (SSSR count). The van der Waals surface area contributed by atoms with Gasteiger partial charge >= 0.3 is 0 Å². The number of oxime groups is 1. The zero-order chi connectivity index (χ0) is 14.0. The van der Waals surface area contributed by atoms with E-state index in [9.17, 15) is 13.2 Å². The predicted octanol–water partition coefficient (Wildman–Crippen LogP) is 0.510. The second kappa shape index (κ2) is 5.48. The van der Waals surface area contributed by atoms with Crippen molar-refractivity contribution in [3.8, 4) is 0 Å². The smallest absolute Gasteiger partial charge is 0.226 e. The maximum absolute atomic E-state index is 12.3. The summed E-state index contributed by atoms with van der Waals surface area (Å²) in [4.78, 5) is 14.0. The first-order valence-electron chi connectivity index (χ1n) is 6.67. The van der Waals surface area contributed by atoms with Crippen LogP contribution in [0.3, 0.4) is 0 Å². The molecule has 2 aliphatic rings. The fourth-order valence-corrected chi connectivity index (χ4v) is 4.59. The van der Waals surface area contributed by atoms with Gasteiger partial charge in [-0.1, -0.05) is 12.1 Å². The number of rotatable bonds is 2. The van der Waals surface area contributed by atoms with Crippen LogP contribution in [0.4, 0.5) is 0 Å². The highest BCUT2D eigenvalue weighted by atomic mass is 32.2. The lowest BCUT2D eigenvalue weighted by Gasteiger charge is -2.34. The molecule has 7 heteroatoms. The molecule has 108 valence electrons. The van der Waals surface area contributed by atoms with Gasteiger partial charge in [-0.05, 0) is 12.8 Å². The Bertz CT molecular complexity index is 486. The van der Waals surface area contributed by atoms with Crippen LogP contribution >= 0.6 is 0 Å². The molecule has 2 aliphatic heterocycles. The molecule has 0 saturated carbocycles. The molecule has 1 N–H and O–H groups in total. The van der Waals surface area contributed by atoms with Gasteiger partial charge in [0.1, 0.15) is 0 Å². The third kappa shape index (κ3) is 3.08. The number of nitrogens with zero attached hydrogens (tertiary/aromatic N) is 2. The molecule has 2 unspecified atom stereocenters. The maximum Gasteiger partial charge on any atom is 0.226 e. The number of amides is 1. The topological polar surface area (TPSA) is 87.0 Å². The largest absolute Gasteiger partial charge is 0.411 e. The van der Waals surface area contributed by atoms with Crippen molar-refractivity contribution in [2.45, 2.75) is 26.2 Å². The van der Waals surface area contributed by atoms with E-state index in [0.29, 0.717) is 25.9 Å². The maximum atomic E-state index is 12.3. The zero-order valence-electron chi connectivity index (χ0n) is 11.1. The van der Waals surface area contributed by atoms with E-state index >= 15 is 0 Å². The van der Waals surface area contributed by atoms with Crippen LogP contribution in [0.2, 0.25) is 0 Å². The molecular formula is C12H20N2O4S. The Labute approximate surface area is 113 Å². The van der Waals surface area contributed by atoms with E-state index in [4.69, 9.17) is 5.21 Å². The van der Waals surface area contributed by atoms with Gasteiger partial charge in [0.2, 0.25) is 5.91 Å². The quantitative estimate of drug-likeness (QED) is 0.592. The van der Waals surface area contributed by atoms with E-state index in [2.05, 4.69) is 5.16 Å². The number of carbonyl (C=O) groups excluding carboxylic acids is 1. The summed E-state index contributed by atoms with van der Waals surface area (Å²) in [6, 6.07) is 0. The lowest BCUT2D eigenvalue weighted by molar-refractivity contribution is -0.135. The van der Waals surface area contributed by atoms with Crippen molar-refractivity contribution in [1.82, 2.24) is 4.90 Å². The van der Waals surface area contributed by atoms with Crippen molar-refractivity contribution in [3.05, 3.63) is 0 Å². The number of hydrogen-bond acceptors (Lipinski definition) is 5. The highest BCUT2D eigenvalue weighted by molar-refractivity contribution is 7.91. The Balaban J connectivity index is 2.01. The van der Waals surface area contributed by atoms with Crippen LogP contribution in [0.15, 0.2) is 5.16 Å². The van der Waals surface area contributed by atoms with Gasteiger partial charge < -0.3 is 10.1 Å². The Morgan fingerprint density at radius 1 is 1.53 bits per heavy atom. The number of carbonyl (C=O) groups is 1. The molecule has 0 aromatic carbocycles. The fraction of sp³-hybridized carbons (Fsp3) is 0.833. The van der Waals surface area contributed by atoms with Crippen molar-refractivity contribution in [2.75, 3.05) is 24.6 Å². The van der Waals surface area contributed by atoms with Crippen LogP contribution < -0.4 is 0 Å². The van der Waals surface area contributed by atoms with Crippen molar-refractivity contribution in [1.29, 1.82) is 0 Å². The second-order valence-corrected chi connectivity index (χ2v) is 7.56. The molecule has 2 heterocycles. The Morgan fingerprint density at radius 3 is 2.79 bits per heavy atom. The lowest BCUT2D eigenvalue weighted by Crippen LogP contribution is -2.46. The van der Waals surface area contributed by atoms with E-state index < -0.39 is 9.84 Å². The summed E-state index contributed by atoms with van der Waals surface area (Å²) >= 11 is 0. The first-order chi connectivity index (χ1) is 8.96. The molecule has 19 heavy (non-hydrogen) atoms. The summed E-state index contributed by atoms with van der Waals surface area (Å²) < 4.78 is 22.8. The van der Waals surface area contributed by atoms with Gasteiger partial charge in [0.05, 0.1) is 23.1 Å². The predicted molar refractivity (Wildman–Crippen MR) is 71.0 cm³/mol. The minimum Gasteiger partial charge on any atom is -0.411 e. The summed E-state index contributed by atoms with van der Waals surface area (Å²) in [7, 11) is -3.02. The summed E-state index contributed by atoms with van der Waals surface area (Å²) in [6.45, 7) is 3.04. The van der Waals surface area contributed by atoms with Gasteiger partial charge in [-0.2, -0.15) is 0 Å². The van der Waals surface area contributed by atoms with Crippen LogP contribution in [0, 0.1) is 11.8 Å². The molecule has 0 bridgehead atoms. The van der Waals surface area contributed by atoms with E-state index in [1.165, 1.54) is 0 Å². The molecule has 2 atom stereocenters. The highest BCUT2D eigenvalue weighted by Crippen LogP contribution is 2.24. The fourth-order valence-electron chi connectivity index (χ4n) is 2.86. The molecule has 0 aliphatic carbocycles. The van der Waals surface area contributed by atoms with E-state index in [1.807, 2.05) is 6.92 Å². The van der Waals surface area contributed by atoms with Crippen molar-refractivity contribution in [2.24, 2.45) is 17.0 Å². The first-order valence-corrected chi connectivity index (χ1v) is 8.49. The number of likely N-dealkylation sites (tertiary alicyclic amines) is 1. The zero-order valence-corrected chi connectivity index (χ0v) is 11.9. The van der Waals surface area contributed by atoms with Crippen molar-refractivity contribution in [3.63, 3.8) is 0 Å². The monoisotopic (exact) mass is 288 g/mol. The molecule has 0 radical (unpaired) electrons. The normalized spacial score (nSPS) is 32.7. The van der Waals surface area contributed by atoms with Crippen molar-refractivity contribution < 1.29 is 18.4 Å². The minimum atomic E-state index is -3.02. The molecule has 0 spiro atoms. The average Bonchev–Trinajstić information content (AvgIpc) is 2.77. The molecular weight excluding hydrogens is 268 g/mol. The molecule has 6 nitrogen and oxygen atoms in total.